The average Bonchev–Trinajstić information content (AvgIpc) is 2.39. The number of hydrogen-bond acceptors (Lipinski definition) is 1. The number of hydrogen-bond donors (Lipinski definition) is 1. The summed E-state index contributed by atoms with van der Waals surface area (Å²) in [4.78, 5) is 12.0. The lowest BCUT2D eigenvalue weighted by atomic mass is 9.87. The van der Waals surface area contributed by atoms with Gasteiger partial charge in [0, 0.05) is 12.1 Å². The van der Waals surface area contributed by atoms with Crippen molar-refractivity contribution in [3.8, 4) is 0 Å². The van der Waals surface area contributed by atoms with Crippen molar-refractivity contribution in [3.63, 3.8) is 0 Å². The smallest absolute Gasteiger partial charge is 0.251 e. The molecule has 0 heterocycles. The van der Waals surface area contributed by atoms with Crippen LogP contribution < -0.4 is 5.32 Å². The Kier molecular flexibility index (Phi) is 6.66. The summed E-state index contributed by atoms with van der Waals surface area (Å²) in [6, 6.07) is 4.42. The summed E-state index contributed by atoms with van der Waals surface area (Å²) < 4.78 is 13.8. The van der Waals surface area contributed by atoms with E-state index in [9.17, 15) is 9.18 Å². The second-order valence-electron chi connectivity index (χ2n) is 5.93. The number of amides is 1. The van der Waals surface area contributed by atoms with Gasteiger partial charge in [0.1, 0.15) is 5.82 Å². The minimum absolute atomic E-state index is 0.0682. The molecule has 0 aliphatic heterocycles. The molecule has 0 atom stereocenters. The van der Waals surface area contributed by atoms with Crippen molar-refractivity contribution in [2.75, 3.05) is 6.54 Å². The van der Waals surface area contributed by atoms with Crippen LogP contribution >= 0.6 is 15.9 Å². The number of halogens is 2. The Morgan fingerprint density at radius 3 is 2.65 bits per heavy atom. The van der Waals surface area contributed by atoms with Gasteiger partial charge in [0.25, 0.3) is 5.91 Å². The van der Waals surface area contributed by atoms with E-state index < -0.39 is 5.82 Å². The first-order valence-electron chi connectivity index (χ1n) is 7.09. The van der Waals surface area contributed by atoms with Gasteiger partial charge in [-0.3, -0.25) is 4.79 Å². The van der Waals surface area contributed by atoms with E-state index in [0.29, 0.717) is 16.6 Å². The maximum Gasteiger partial charge on any atom is 0.251 e. The standard InChI is InChI=1S/C16H23BrFNO/c1-4-5-6-9-16(2,3)11-19-15(20)12-7-8-13(17)14(18)10-12/h7-8,10H,4-6,9,11H2,1-3H3,(H,19,20). The molecule has 112 valence electrons. The molecular formula is C16H23BrFNO. The van der Waals surface area contributed by atoms with Crippen molar-refractivity contribution in [2.45, 2.75) is 46.5 Å². The maximum absolute atomic E-state index is 13.4. The van der Waals surface area contributed by atoms with Gasteiger partial charge in [0.15, 0.2) is 0 Å². The van der Waals surface area contributed by atoms with Crippen molar-refractivity contribution in [1.29, 1.82) is 0 Å². The molecule has 0 aromatic heterocycles. The predicted molar refractivity (Wildman–Crippen MR) is 84.4 cm³/mol. The van der Waals surface area contributed by atoms with Crippen molar-refractivity contribution >= 4 is 21.8 Å². The molecule has 0 bridgehead atoms. The molecule has 0 saturated heterocycles. The van der Waals surface area contributed by atoms with Gasteiger partial charge in [-0.25, -0.2) is 4.39 Å². The van der Waals surface area contributed by atoms with E-state index in [-0.39, 0.29) is 11.3 Å². The average molecular weight is 344 g/mol. The first-order valence-corrected chi connectivity index (χ1v) is 7.88. The van der Waals surface area contributed by atoms with Crippen molar-refractivity contribution in [3.05, 3.63) is 34.1 Å². The molecule has 1 amide bonds. The molecular weight excluding hydrogens is 321 g/mol. The van der Waals surface area contributed by atoms with Gasteiger partial charge in [-0.1, -0.05) is 40.0 Å². The highest BCUT2D eigenvalue weighted by atomic mass is 79.9. The van der Waals surface area contributed by atoms with Gasteiger partial charge >= 0.3 is 0 Å². The third-order valence-corrected chi connectivity index (χ3v) is 4.01. The molecule has 0 unspecified atom stereocenters. The molecule has 0 aliphatic carbocycles. The van der Waals surface area contributed by atoms with Crippen molar-refractivity contribution < 1.29 is 9.18 Å². The van der Waals surface area contributed by atoms with Crippen LogP contribution in [-0.4, -0.2) is 12.5 Å². The Morgan fingerprint density at radius 1 is 1.35 bits per heavy atom. The van der Waals surface area contributed by atoms with E-state index in [4.69, 9.17) is 0 Å². The fraction of sp³-hybridized carbons (Fsp3) is 0.562. The fourth-order valence-corrected chi connectivity index (χ4v) is 2.25. The van der Waals surface area contributed by atoms with Gasteiger partial charge in [-0.15, -0.1) is 0 Å². The lowest BCUT2D eigenvalue weighted by Crippen LogP contribution is -2.34. The molecule has 2 nitrogen and oxygen atoms in total. The van der Waals surface area contributed by atoms with Crippen LogP contribution in [-0.2, 0) is 0 Å². The highest BCUT2D eigenvalue weighted by Gasteiger charge is 2.19. The monoisotopic (exact) mass is 343 g/mol. The number of rotatable bonds is 7. The minimum atomic E-state index is -0.417. The zero-order valence-corrected chi connectivity index (χ0v) is 14.0. The van der Waals surface area contributed by atoms with Crippen LogP contribution in [0.2, 0.25) is 0 Å². The van der Waals surface area contributed by atoms with Gasteiger partial charge in [-0.05, 0) is 46.0 Å². The van der Waals surface area contributed by atoms with Crippen LogP contribution in [0, 0.1) is 11.2 Å². The summed E-state index contributed by atoms with van der Waals surface area (Å²) in [6.07, 6.45) is 4.66. The van der Waals surface area contributed by atoms with Gasteiger partial charge < -0.3 is 5.32 Å². The molecule has 1 aromatic carbocycles. The number of unbranched alkanes of at least 4 members (excludes halogenated alkanes) is 2. The van der Waals surface area contributed by atoms with E-state index in [0.717, 1.165) is 6.42 Å². The van der Waals surface area contributed by atoms with Crippen LogP contribution in [0.5, 0.6) is 0 Å². The first kappa shape index (κ1) is 17.2. The number of carbonyl (C=O) groups excluding carboxylic acids is 1. The second kappa shape index (κ2) is 7.77. The fourth-order valence-electron chi connectivity index (χ4n) is 2.00. The van der Waals surface area contributed by atoms with E-state index >= 15 is 0 Å². The Hall–Kier alpha value is -0.900. The maximum atomic E-state index is 13.4. The summed E-state index contributed by atoms with van der Waals surface area (Å²) in [5.41, 5.74) is 0.425. The molecule has 1 rings (SSSR count). The summed E-state index contributed by atoms with van der Waals surface area (Å²) in [5, 5.41) is 2.89. The summed E-state index contributed by atoms with van der Waals surface area (Å²) in [7, 11) is 0. The van der Waals surface area contributed by atoms with E-state index in [1.165, 1.54) is 25.3 Å². The molecule has 0 fully saturated rings. The Balaban J connectivity index is 2.51. The molecule has 0 aliphatic rings. The van der Waals surface area contributed by atoms with Crippen LogP contribution in [0.1, 0.15) is 56.8 Å². The lowest BCUT2D eigenvalue weighted by Gasteiger charge is -2.25. The topological polar surface area (TPSA) is 29.1 Å². The van der Waals surface area contributed by atoms with Gasteiger partial charge in [-0.2, -0.15) is 0 Å². The molecule has 4 heteroatoms. The summed E-state index contributed by atoms with van der Waals surface area (Å²) in [5.74, 6) is -0.639. The van der Waals surface area contributed by atoms with E-state index in [1.807, 2.05) is 0 Å². The Morgan fingerprint density at radius 2 is 2.05 bits per heavy atom. The Labute approximate surface area is 129 Å². The van der Waals surface area contributed by atoms with Crippen LogP contribution in [0.25, 0.3) is 0 Å². The third kappa shape index (κ3) is 5.61. The van der Waals surface area contributed by atoms with Crippen molar-refractivity contribution in [2.24, 2.45) is 5.41 Å². The predicted octanol–water partition coefficient (Wildman–Crippen LogP) is 4.92. The van der Waals surface area contributed by atoms with Gasteiger partial charge in [0.05, 0.1) is 4.47 Å². The molecule has 1 N–H and O–H groups in total. The highest BCUT2D eigenvalue weighted by molar-refractivity contribution is 9.10. The molecule has 1 aromatic rings. The third-order valence-electron chi connectivity index (χ3n) is 3.37. The number of nitrogens with one attached hydrogen (secondary N) is 1. The lowest BCUT2D eigenvalue weighted by molar-refractivity contribution is 0.0933. The van der Waals surface area contributed by atoms with E-state index in [1.54, 1.807) is 12.1 Å². The van der Waals surface area contributed by atoms with Crippen LogP contribution in [0.4, 0.5) is 4.39 Å². The molecule has 0 saturated carbocycles. The Bertz CT molecular complexity index is 460. The SMILES string of the molecule is CCCCCC(C)(C)CNC(=O)c1ccc(Br)c(F)c1. The highest BCUT2D eigenvalue weighted by Crippen LogP contribution is 2.23. The largest absolute Gasteiger partial charge is 0.352 e. The quantitative estimate of drug-likeness (QED) is 0.699. The van der Waals surface area contributed by atoms with Crippen LogP contribution in [0.3, 0.4) is 0 Å². The summed E-state index contributed by atoms with van der Waals surface area (Å²) >= 11 is 3.08. The normalized spacial score (nSPS) is 11.4. The molecule has 20 heavy (non-hydrogen) atoms. The minimum Gasteiger partial charge on any atom is -0.352 e. The van der Waals surface area contributed by atoms with Crippen LogP contribution in [0.15, 0.2) is 22.7 Å². The summed E-state index contributed by atoms with van der Waals surface area (Å²) in [6.45, 7) is 7.07. The van der Waals surface area contributed by atoms with Gasteiger partial charge in [0.2, 0.25) is 0 Å². The number of carbonyl (C=O) groups is 1. The van der Waals surface area contributed by atoms with Crippen molar-refractivity contribution in [1.82, 2.24) is 5.32 Å². The molecule has 0 radical (unpaired) electrons. The molecule has 0 spiro atoms. The first-order chi connectivity index (χ1) is 9.35. The van der Waals surface area contributed by atoms with E-state index in [2.05, 4.69) is 42.0 Å². The second-order valence-corrected chi connectivity index (χ2v) is 6.79. The number of benzene rings is 1. The zero-order valence-electron chi connectivity index (χ0n) is 12.4. The zero-order chi connectivity index (χ0) is 15.2.